The topological polar surface area (TPSA) is 24.5 Å². The summed E-state index contributed by atoms with van der Waals surface area (Å²) in [6.45, 7) is 18.2. The molecule has 0 amide bonds. The van der Waals surface area contributed by atoms with Gasteiger partial charge in [0.1, 0.15) is 0 Å². The van der Waals surface area contributed by atoms with E-state index in [4.69, 9.17) is 4.43 Å². The summed E-state index contributed by atoms with van der Waals surface area (Å²) in [6.07, 6.45) is 1.26. The van der Waals surface area contributed by atoms with Crippen molar-refractivity contribution >= 4 is 8.32 Å². The van der Waals surface area contributed by atoms with Crippen LogP contribution in [0.15, 0.2) is 0 Å². The Balaban J connectivity index is 2.26. The highest BCUT2D eigenvalue weighted by Gasteiger charge is 2.36. The number of hydrogen-bond donors (Lipinski definition) is 1. The molecule has 1 saturated heterocycles. The highest BCUT2D eigenvalue weighted by Crippen LogP contribution is 2.36. The lowest BCUT2D eigenvalue weighted by Gasteiger charge is -2.36. The Morgan fingerprint density at radius 2 is 1.88 bits per heavy atom. The van der Waals surface area contributed by atoms with E-state index in [2.05, 4.69) is 44.1 Å². The molecule has 3 nitrogen and oxygen atoms in total. The van der Waals surface area contributed by atoms with E-state index in [1.807, 2.05) is 0 Å². The maximum absolute atomic E-state index is 6.21. The van der Waals surface area contributed by atoms with Crippen molar-refractivity contribution in [3.05, 3.63) is 0 Å². The van der Waals surface area contributed by atoms with E-state index in [-0.39, 0.29) is 0 Å². The second kappa shape index (κ2) is 6.32. The van der Waals surface area contributed by atoms with Gasteiger partial charge in [0.2, 0.25) is 0 Å². The van der Waals surface area contributed by atoms with Crippen LogP contribution in [0.2, 0.25) is 18.1 Å². The summed E-state index contributed by atoms with van der Waals surface area (Å²) in [5, 5.41) is 3.76. The molecule has 4 heteroatoms. The molecule has 1 N–H and O–H groups in total. The Morgan fingerprint density at radius 3 is 2.53 bits per heavy atom. The van der Waals surface area contributed by atoms with Crippen LogP contribution in [0.4, 0.5) is 0 Å². The fourth-order valence-corrected chi connectivity index (χ4v) is 2.81. The van der Waals surface area contributed by atoms with Crippen molar-refractivity contribution in [1.82, 2.24) is 10.2 Å². The molecule has 0 radical (unpaired) electrons. The van der Waals surface area contributed by atoms with Crippen LogP contribution in [0.5, 0.6) is 0 Å². The normalized spacial score (nSPS) is 20.3. The SMILES string of the molecule is CC(C)(C)[Si](C)(C)OCCN1CCCNCC1. The maximum Gasteiger partial charge on any atom is 0.192 e. The van der Waals surface area contributed by atoms with Gasteiger partial charge in [-0.3, -0.25) is 4.90 Å². The van der Waals surface area contributed by atoms with Gasteiger partial charge in [-0.2, -0.15) is 0 Å². The first-order chi connectivity index (χ1) is 7.83. The predicted molar refractivity (Wildman–Crippen MR) is 77.1 cm³/mol. The van der Waals surface area contributed by atoms with E-state index >= 15 is 0 Å². The Morgan fingerprint density at radius 1 is 1.18 bits per heavy atom. The first kappa shape index (κ1) is 15.2. The molecule has 0 atom stereocenters. The van der Waals surface area contributed by atoms with Crippen molar-refractivity contribution in [3.8, 4) is 0 Å². The van der Waals surface area contributed by atoms with Crippen LogP contribution in [0, 0.1) is 0 Å². The minimum Gasteiger partial charge on any atom is -0.416 e. The molecule has 1 aliphatic rings. The molecular weight excluding hydrogens is 228 g/mol. The fourth-order valence-electron chi connectivity index (χ4n) is 1.77. The first-order valence-corrected chi connectivity index (χ1v) is 9.81. The Bertz CT molecular complexity index is 218. The zero-order valence-electron chi connectivity index (χ0n) is 12.3. The van der Waals surface area contributed by atoms with Gasteiger partial charge in [-0.05, 0) is 37.6 Å². The predicted octanol–water partition coefficient (Wildman–Crippen LogP) is 2.30. The lowest BCUT2D eigenvalue weighted by molar-refractivity contribution is 0.205. The number of rotatable bonds is 4. The van der Waals surface area contributed by atoms with E-state index in [9.17, 15) is 0 Å². The number of hydrogen-bond acceptors (Lipinski definition) is 3. The van der Waals surface area contributed by atoms with E-state index in [0.717, 1.165) is 19.7 Å². The summed E-state index contributed by atoms with van der Waals surface area (Å²) in [7, 11) is -1.54. The van der Waals surface area contributed by atoms with Crippen molar-refractivity contribution in [1.29, 1.82) is 0 Å². The van der Waals surface area contributed by atoms with Gasteiger partial charge >= 0.3 is 0 Å². The van der Waals surface area contributed by atoms with Gasteiger partial charge in [0.25, 0.3) is 0 Å². The summed E-state index contributed by atoms with van der Waals surface area (Å²) >= 11 is 0. The van der Waals surface area contributed by atoms with Crippen LogP contribution >= 0.6 is 0 Å². The lowest BCUT2D eigenvalue weighted by atomic mass is 10.2. The van der Waals surface area contributed by atoms with Crippen LogP contribution in [-0.4, -0.2) is 52.5 Å². The smallest absolute Gasteiger partial charge is 0.192 e. The molecular formula is C13H30N2OSi. The number of nitrogens with zero attached hydrogens (tertiary/aromatic N) is 1. The van der Waals surface area contributed by atoms with Crippen LogP contribution in [-0.2, 0) is 4.43 Å². The molecule has 17 heavy (non-hydrogen) atoms. The van der Waals surface area contributed by atoms with Crippen LogP contribution in [0.3, 0.4) is 0 Å². The van der Waals surface area contributed by atoms with E-state index < -0.39 is 8.32 Å². The maximum atomic E-state index is 6.21. The Kier molecular flexibility index (Phi) is 5.63. The summed E-state index contributed by atoms with van der Waals surface area (Å²) in [6, 6.07) is 0. The van der Waals surface area contributed by atoms with Crippen LogP contribution < -0.4 is 5.32 Å². The molecule has 1 rings (SSSR count). The molecule has 0 unspecified atom stereocenters. The number of nitrogens with one attached hydrogen (secondary N) is 1. The molecule has 0 spiro atoms. The van der Waals surface area contributed by atoms with Crippen LogP contribution in [0.1, 0.15) is 27.2 Å². The second-order valence-corrected chi connectivity index (χ2v) is 11.4. The van der Waals surface area contributed by atoms with E-state index in [0.29, 0.717) is 5.04 Å². The molecule has 0 bridgehead atoms. The van der Waals surface area contributed by atoms with Gasteiger partial charge in [0.15, 0.2) is 8.32 Å². The van der Waals surface area contributed by atoms with Crippen molar-refractivity contribution in [3.63, 3.8) is 0 Å². The highest BCUT2D eigenvalue weighted by molar-refractivity contribution is 6.74. The van der Waals surface area contributed by atoms with Gasteiger partial charge in [-0.25, -0.2) is 0 Å². The minimum absolute atomic E-state index is 0.327. The van der Waals surface area contributed by atoms with Crippen molar-refractivity contribution in [2.75, 3.05) is 39.3 Å². The molecule has 0 aliphatic carbocycles. The van der Waals surface area contributed by atoms with Gasteiger partial charge < -0.3 is 9.74 Å². The standard InChI is InChI=1S/C13H30N2OSi/c1-13(2,3)17(4,5)16-12-11-15-9-6-7-14-8-10-15/h14H,6-12H2,1-5H3. The molecule has 1 fully saturated rings. The Labute approximate surface area is 108 Å². The van der Waals surface area contributed by atoms with E-state index in [1.54, 1.807) is 0 Å². The summed E-state index contributed by atoms with van der Waals surface area (Å²) in [5.74, 6) is 0. The fraction of sp³-hybridized carbons (Fsp3) is 1.00. The highest BCUT2D eigenvalue weighted by atomic mass is 28.4. The van der Waals surface area contributed by atoms with Crippen molar-refractivity contribution in [2.45, 2.75) is 45.3 Å². The van der Waals surface area contributed by atoms with Crippen molar-refractivity contribution in [2.24, 2.45) is 0 Å². The zero-order valence-corrected chi connectivity index (χ0v) is 13.3. The average molecular weight is 258 g/mol. The lowest BCUT2D eigenvalue weighted by Crippen LogP contribution is -2.43. The largest absolute Gasteiger partial charge is 0.416 e. The third-order valence-corrected chi connectivity index (χ3v) is 8.65. The third-order valence-electron chi connectivity index (χ3n) is 4.11. The van der Waals surface area contributed by atoms with Gasteiger partial charge in [0.05, 0.1) is 0 Å². The molecule has 102 valence electrons. The quantitative estimate of drug-likeness (QED) is 0.783. The third kappa shape index (κ3) is 5.08. The zero-order chi connectivity index (χ0) is 12.9. The molecule has 0 saturated carbocycles. The monoisotopic (exact) mass is 258 g/mol. The molecule has 0 aromatic rings. The van der Waals surface area contributed by atoms with Crippen LogP contribution in [0.25, 0.3) is 0 Å². The minimum atomic E-state index is -1.54. The summed E-state index contributed by atoms with van der Waals surface area (Å²) in [4.78, 5) is 2.52. The Hall–Kier alpha value is 0.0969. The molecule has 1 heterocycles. The first-order valence-electron chi connectivity index (χ1n) is 6.90. The van der Waals surface area contributed by atoms with E-state index in [1.165, 1.54) is 26.1 Å². The molecule has 0 aromatic carbocycles. The molecule has 0 aromatic heterocycles. The molecule has 1 aliphatic heterocycles. The second-order valence-electron chi connectivity index (χ2n) is 6.55. The van der Waals surface area contributed by atoms with Gasteiger partial charge in [0, 0.05) is 26.2 Å². The van der Waals surface area contributed by atoms with Gasteiger partial charge in [-0.15, -0.1) is 0 Å². The summed E-state index contributed by atoms with van der Waals surface area (Å²) in [5.41, 5.74) is 0. The average Bonchev–Trinajstić information content (AvgIpc) is 2.44. The summed E-state index contributed by atoms with van der Waals surface area (Å²) < 4.78 is 6.21. The van der Waals surface area contributed by atoms with Gasteiger partial charge in [-0.1, -0.05) is 20.8 Å². The van der Waals surface area contributed by atoms with Crippen molar-refractivity contribution < 1.29 is 4.43 Å².